The third-order valence-corrected chi connectivity index (χ3v) is 8.50. The molecule has 23 heteroatoms. The molecule has 10 N–H and O–H groups in total. The molecule has 21 nitrogen and oxygen atoms in total. The van der Waals surface area contributed by atoms with E-state index in [0.29, 0.717) is 11.3 Å². The zero-order chi connectivity index (χ0) is 33.1. The summed E-state index contributed by atoms with van der Waals surface area (Å²) in [6, 6.07) is 6.77. The van der Waals surface area contributed by atoms with E-state index in [1.165, 1.54) is 22.5 Å². The van der Waals surface area contributed by atoms with E-state index >= 15 is 0 Å². The fourth-order valence-corrected chi connectivity index (χ4v) is 6.09. The largest absolute Gasteiger partial charge is 0.481 e. The first-order valence-corrected chi connectivity index (χ1v) is 16.0. The average Bonchev–Trinajstić information content (AvgIpc) is 3.44. The van der Waals surface area contributed by atoms with Crippen LogP contribution >= 0.6 is 15.6 Å². The Hall–Kier alpha value is -3.91. The topological polar surface area (TPSA) is 303 Å². The third-order valence-electron chi connectivity index (χ3n) is 6.35. The number of ether oxygens (including phenoxy) is 2. The van der Waals surface area contributed by atoms with Gasteiger partial charge in [-0.3, -0.25) is 23.7 Å². The molecular formula is C22H31N8O13P2+. The van der Waals surface area contributed by atoms with Crippen molar-refractivity contribution in [2.75, 3.05) is 37.8 Å². The van der Waals surface area contributed by atoms with Gasteiger partial charge in [-0.1, -0.05) is 17.1 Å². The molecule has 45 heavy (non-hydrogen) atoms. The van der Waals surface area contributed by atoms with Crippen molar-refractivity contribution in [2.24, 2.45) is 7.05 Å². The van der Waals surface area contributed by atoms with Gasteiger partial charge in [0.2, 0.25) is 11.7 Å². The van der Waals surface area contributed by atoms with E-state index in [0.717, 1.165) is 0 Å². The maximum absolute atomic E-state index is 12.7. The van der Waals surface area contributed by atoms with E-state index in [1.54, 1.807) is 31.3 Å². The van der Waals surface area contributed by atoms with Crippen LogP contribution in [0.25, 0.3) is 11.2 Å². The van der Waals surface area contributed by atoms with Crippen LogP contribution in [0.5, 0.6) is 0 Å². The van der Waals surface area contributed by atoms with E-state index in [-0.39, 0.29) is 30.2 Å². The van der Waals surface area contributed by atoms with Crippen LogP contribution in [0.2, 0.25) is 0 Å². The first kappa shape index (κ1) is 34.0. The number of aryl methyl sites for hydroxylation is 1. The summed E-state index contributed by atoms with van der Waals surface area (Å²) in [7, 11) is -7.62. The number of carbonyl (C=O) groups is 2. The number of hydrogen-bond donors (Lipinski definition) is 9. The number of hydrogen-bond acceptors (Lipinski definition) is 13. The second kappa shape index (κ2) is 13.6. The number of carbonyl (C=O) groups excluding carboxylic acids is 2. The molecule has 0 saturated carbocycles. The van der Waals surface area contributed by atoms with Crippen LogP contribution in [0.3, 0.4) is 0 Å². The number of aliphatic hydroxyl groups is 1. The Morgan fingerprint density at radius 3 is 2.58 bits per heavy atom. The Labute approximate surface area is 253 Å². The molecule has 0 bridgehead atoms. The number of aromatic nitrogens is 4. The van der Waals surface area contributed by atoms with Crippen LogP contribution in [0.15, 0.2) is 35.4 Å². The van der Waals surface area contributed by atoms with Gasteiger partial charge in [0, 0.05) is 25.8 Å². The van der Waals surface area contributed by atoms with E-state index in [4.69, 9.17) is 25.0 Å². The fourth-order valence-electron chi connectivity index (χ4n) is 4.49. The zero-order valence-electron chi connectivity index (χ0n) is 23.6. The molecule has 4 rings (SSSR count). The average molecular weight is 677 g/mol. The number of nitrogens with two attached hydrogens (primary N) is 1. The van der Waals surface area contributed by atoms with Gasteiger partial charge in [-0.25, -0.2) is 18.5 Å². The normalized spacial score (nSPS) is 21.3. The quantitative estimate of drug-likeness (QED) is 0.0579. The van der Waals surface area contributed by atoms with Gasteiger partial charge in [0.1, 0.15) is 12.2 Å². The van der Waals surface area contributed by atoms with Crippen molar-refractivity contribution in [2.45, 2.75) is 24.5 Å². The van der Waals surface area contributed by atoms with Gasteiger partial charge in [0.05, 0.1) is 19.2 Å². The van der Waals surface area contributed by atoms with Gasteiger partial charge in [-0.15, -0.1) is 0 Å². The number of rotatable bonds is 12. The number of aliphatic hydroxyl groups excluding tert-OH is 1. The minimum Gasteiger partial charge on any atom is -0.437 e. The van der Waals surface area contributed by atoms with E-state index < -0.39 is 64.4 Å². The summed E-state index contributed by atoms with van der Waals surface area (Å²) in [4.78, 5) is 71.5. The molecule has 3 aromatic rings. The minimum atomic E-state index is -5.44. The highest BCUT2D eigenvalue weighted by Gasteiger charge is 2.51. The highest BCUT2D eigenvalue weighted by Crippen LogP contribution is 2.57. The SMILES string of the molecule is CNc1ccccc1C(=O)NCCNC(=O)O[C@@H]1[C@H](O)[C@@H](COP(=O)(O)OP(=O)(O)O)O[C@H]1[n+]1cn(C)c2c(=O)[nH]c(N)nc21. The molecule has 1 fully saturated rings. The lowest BCUT2D eigenvalue weighted by Crippen LogP contribution is -2.49. The summed E-state index contributed by atoms with van der Waals surface area (Å²) in [5.74, 6) is -0.674. The summed E-state index contributed by atoms with van der Waals surface area (Å²) in [5, 5.41) is 18.9. The summed E-state index contributed by atoms with van der Waals surface area (Å²) < 4.78 is 45.0. The molecule has 1 aliphatic heterocycles. The number of nitrogen functional groups attached to an aromatic ring is 1. The number of imidazole rings is 1. The third kappa shape index (κ3) is 8.23. The molecule has 0 aliphatic carbocycles. The molecule has 0 spiro atoms. The molecule has 1 unspecified atom stereocenters. The van der Waals surface area contributed by atoms with Gasteiger partial charge in [0.25, 0.3) is 17.4 Å². The van der Waals surface area contributed by atoms with Crippen LogP contribution in [-0.2, 0) is 34.5 Å². The number of H-pyrrole nitrogens is 1. The zero-order valence-corrected chi connectivity index (χ0v) is 25.4. The molecule has 1 saturated heterocycles. The van der Waals surface area contributed by atoms with Crippen LogP contribution in [0.4, 0.5) is 16.4 Å². The van der Waals surface area contributed by atoms with Crippen LogP contribution in [0, 0.1) is 0 Å². The van der Waals surface area contributed by atoms with Crippen molar-refractivity contribution in [3.05, 3.63) is 46.5 Å². The van der Waals surface area contributed by atoms with Crippen molar-refractivity contribution in [3.8, 4) is 0 Å². The predicted octanol–water partition coefficient (Wildman–Crippen LogP) is -1.82. The monoisotopic (exact) mass is 677 g/mol. The number of amides is 2. The number of benzene rings is 1. The van der Waals surface area contributed by atoms with E-state index in [2.05, 4.69) is 34.8 Å². The molecule has 0 radical (unpaired) electrons. The summed E-state index contributed by atoms with van der Waals surface area (Å²) in [5.41, 5.74) is 6.02. The second-order valence-electron chi connectivity index (χ2n) is 9.50. The number of aromatic amines is 1. The van der Waals surface area contributed by atoms with Crippen LogP contribution in [0.1, 0.15) is 16.6 Å². The lowest BCUT2D eigenvalue weighted by molar-refractivity contribution is -0.745. The molecule has 5 atom stereocenters. The highest BCUT2D eigenvalue weighted by atomic mass is 31.3. The fraction of sp³-hybridized carbons (Fsp3) is 0.409. The molecule has 2 amide bonds. The lowest BCUT2D eigenvalue weighted by atomic mass is 10.1. The van der Waals surface area contributed by atoms with Crippen molar-refractivity contribution in [1.29, 1.82) is 0 Å². The van der Waals surface area contributed by atoms with Gasteiger partial charge < -0.3 is 50.9 Å². The highest BCUT2D eigenvalue weighted by molar-refractivity contribution is 7.60. The smallest absolute Gasteiger partial charge is 0.437 e. The number of fused-ring (bicyclic) bond motifs is 1. The standard InChI is InChI=1S/C22H30N8O13P2/c1-24-12-6-4-3-5-11(12)18(32)25-7-8-26-22(34)42-16-15(31)13(9-40-45(38,39)43-44(35,36)37)41-20(16)30-10-29(2)14-17(30)27-21(23)28-19(14)33/h3-6,10,13,15-16,20,31H,7-9H2,1-2H3,(H8-,23,24,25,26,27,28,32,33,34,35,36,37,38,39)/p+1/t13-,15-,16-,20-/m1/s1. The Kier molecular flexibility index (Phi) is 10.3. The molecule has 3 heterocycles. The van der Waals surface area contributed by atoms with Crippen LogP contribution in [-0.4, -0.2) is 91.4 Å². The maximum Gasteiger partial charge on any atom is 0.481 e. The number of phosphoric ester groups is 1. The number of phosphoric acid groups is 2. The Bertz CT molecular complexity index is 1730. The van der Waals surface area contributed by atoms with Gasteiger partial charge in [-0.05, 0) is 12.1 Å². The Morgan fingerprint density at radius 1 is 1.20 bits per heavy atom. The molecule has 1 aliphatic rings. The number of nitrogens with one attached hydrogen (secondary N) is 4. The van der Waals surface area contributed by atoms with Gasteiger partial charge in [0.15, 0.2) is 12.4 Å². The lowest BCUT2D eigenvalue weighted by Gasteiger charge is -2.20. The summed E-state index contributed by atoms with van der Waals surface area (Å²) in [6.45, 7) is -1.07. The molecular weight excluding hydrogens is 646 g/mol. The molecule has 1 aromatic carbocycles. The summed E-state index contributed by atoms with van der Waals surface area (Å²) >= 11 is 0. The predicted molar refractivity (Wildman–Crippen MR) is 151 cm³/mol. The maximum atomic E-state index is 12.7. The molecule has 2 aromatic heterocycles. The van der Waals surface area contributed by atoms with Gasteiger partial charge >= 0.3 is 27.4 Å². The van der Waals surface area contributed by atoms with Gasteiger partial charge in [-0.2, -0.15) is 4.31 Å². The number of anilines is 2. The number of nitrogens with zero attached hydrogens (tertiary/aromatic N) is 3. The minimum absolute atomic E-state index is 0.00893. The summed E-state index contributed by atoms with van der Waals surface area (Å²) in [6.07, 6.45) is -6.06. The van der Waals surface area contributed by atoms with E-state index in [9.17, 15) is 33.5 Å². The molecule has 246 valence electrons. The van der Waals surface area contributed by atoms with Crippen molar-refractivity contribution in [3.63, 3.8) is 0 Å². The van der Waals surface area contributed by atoms with Crippen molar-refractivity contribution in [1.82, 2.24) is 25.2 Å². The first-order valence-electron chi connectivity index (χ1n) is 12.9. The van der Waals surface area contributed by atoms with Crippen molar-refractivity contribution >= 4 is 50.4 Å². The van der Waals surface area contributed by atoms with Crippen LogP contribution < -0.4 is 31.8 Å². The first-order chi connectivity index (χ1) is 21.1. The Balaban J connectivity index is 1.49. The van der Waals surface area contributed by atoms with E-state index in [1.807, 2.05) is 0 Å². The number of alkyl carbamates (subject to hydrolysis) is 1. The second-order valence-corrected chi connectivity index (χ2v) is 12.3. The number of para-hydroxylation sites is 1. The Morgan fingerprint density at radius 2 is 1.89 bits per heavy atom. The van der Waals surface area contributed by atoms with Crippen molar-refractivity contribution < 1.29 is 61.4 Å².